The molecule has 1 aliphatic carbocycles. The molecule has 51 heavy (non-hydrogen) atoms. The minimum Gasteiger partial charge on any atom is -0.494 e. The minimum atomic E-state index is -4.66. The number of methoxy groups -OCH3 is 1. The molecule has 0 atom stereocenters. The molecule has 7 rings (SSSR count). The number of pyridine rings is 2. The van der Waals surface area contributed by atoms with Gasteiger partial charge in [0, 0.05) is 63.3 Å². The monoisotopic (exact) mass is 705 g/mol. The van der Waals surface area contributed by atoms with E-state index in [2.05, 4.69) is 30.4 Å². The standard InChI is InChI=1S/C35H38F3N9O4/c1-51-29-18-27-23(17-28(29)41-33(49)26-3-2-4-30(40-26)35(36,37)38)21-47(43-27)24-7-5-22(6-8-24)20-44-13-15-45(16-14-44)31-10-9-25(19-39-31)46-12-11-32(48)42-34(46)50/h2-4,9-10,17-19,21-22,24H,5-8,11-16,20H2,1H3,(H,41,49)(H,42,48,50)/t22-,24-. The van der Waals surface area contributed by atoms with Crippen LogP contribution in [0, 0.1) is 5.92 Å². The first-order chi connectivity index (χ1) is 24.5. The van der Waals surface area contributed by atoms with Gasteiger partial charge in [0.25, 0.3) is 5.91 Å². The molecule has 4 amide bonds. The molecule has 16 heteroatoms. The highest BCUT2D eigenvalue weighted by molar-refractivity contribution is 6.06. The van der Waals surface area contributed by atoms with Crippen molar-refractivity contribution < 1.29 is 32.3 Å². The Hall–Kier alpha value is -5.25. The summed E-state index contributed by atoms with van der Waals surface area (Å²) >= 11 is 0. The van der Waals surface area contributed by atoms with Crippen LogP contribution in [-0.2, 0) is 11.0 Å². The molecule has 2 aliphatic heterocycles. The number of hydrogen-bond acceptors (Lipinski definition) is 9. The number of carbonyl (C=O) groups is 3. The molecule has 0 bridgehead atoms. The van der Waals surface area contributed by atoms with Crippen LogP contribution in [0.1, 0.15) is 54.3 Å². The average Bonchev–Trinajstić information content (AvgIpc) is 3.55. The normalized spacial score (nSPS) is 20.4. The lowest BCUT2D eigenvalue weighted by molar-refractivity contribution is -0.141. The van der Waals surface area contributed by atoms with Gasteiger partial charge in [-0.3, -0.25) is 29.4 Å². The molecule has 0 radical (unpaired) electrons. The molecule has 3 fully saturated rings. The van der Waals surface area contributed by atoms with Gasteiger partial charge >= 0.3 is 12.2 Å². The van der Waals surface area contributed by atoms with Crippen molar-refractivity contribution in [3.05, 3.63) is 66.2 Å². The summed E-state index contributed by atoms with van der Waals surface area (Å²) in [5.74, 6) is 0.765. The van der Waals surface area contributed by atoms with Gasteiger partial charge in [-0.05, 0) is 61.9 Å². The Labute approximate surface area is 291 Å². The van der Waals surface area contributed by atoms with E-state index in [1.165, 1.54) is 18.1 Å². The van der Waals surface area contributed by atoms with Crippen LogP contribution >= 0.6 is 0 Å². The van der Waals surface area contributed by atoms with Crippen LogP contribution in [0.25, 0.3) is 10.9 Å². The van der Waals surface area contributed by atoms with Crippen molar-refractivity contribution in [3.8, 4) is 5.75 Å². The van der Waals surface area contributed by atoms with E-state index in [0.717, 1.165) is 81.7 Å². The van der Waals surface area contributed by atoms with E-state index in [-0.39, 0.29) is 24.1 Å². The average molecular weight is 706 g/mol. The van der Waals surface area contributed by atoms with Crippen LogP contribution in [0.5, 0.6) is 5.75 Å². The molecular weight excluding hydrogens is 667 g/mol. The highest BCUT2D eigenvalue weighted by atomic mass is 19.4. The van der Waals surface area contributed by atoms with Gasteiger partial charge in [-0.2, -0.15) is 18.3 Å². The molecule has 3 aromatic heterocycles. The number of rotatable bonds is 8. The second kappa shape index (κ2) is 14.2. The van der Waals surface area contributed by atoms with E-state index in [4.69, 9.17) is 9.84 Å². The summed E-state index contributed by atoms with van der Waals surface area (Å²) in [7, 11) is 1.45. The summed E-state index contributed by atoms with van der Waals surface area (Å²) in [5, 5.41) is 10.6. The van der Waals surface area contributed by atoms with Gasteiger partial charge in [-0.15, -0.1) is 0 Å². The van der Waals surface area contributed by atoms with Crippen molar-refractivity contribution in [3.63, 3.8) is 0 Å². The molecule has 1 saturated carbocycles. The number of benzene rings is 1. The van der Waals surface area contributed by atoms with Crippen molar-refractivity contribution in [2.24, 2.45) is 5.92 Å². The highest BCUT2D eigenvalue weighted by Crippen LogP contribution is 2.36. The van der Waals surface area contributed by atoms with Crippen molar-refractivity contribution in [1.82, 2.24) is 30.0 Å². The molecule has 2 saturated heterocycles. The maximum Gasteiger partial charge on any atom is 0.433 e. The number of alkyl halides is 3. The largest absolute Gasteiger partial charge is 0.494 e. The fourth-order valence-corrected chi connectivity index (χ4v) is 7.08. The number of nitrogens with one attached hydrogen (secondary N) is 2. The Morgan fingerprint density at radius 3 is 2.49 bits per heavy atom. The number of carbonyl (C=O) groups excluding carboxylic acids is 3. The summed E-state index contributed by atoms with van der Waals surface area (Å²) in [4.78, 5) is 50.8. The second-order valence-electron chi connectivity index (χ2n) is 13.2. The summed E-state index contributed by atoms with van der Waals surface area (Å²) in [5.41, 5.74) is 0.190. The van der Waals surface area contributed by atoms with E-state index in [9.17, 15) is 27.6 Å². The first-order valence-corrected chi connectivity index (χ1v) is 17.0. The zero-order valence-corrected chi connectivity index (χ0v) is 28.0. The van der Waals surface area contributed by atoms with Crippen LogP contribution in [0.3, 0.4) is 0 Å². The lowest BCUT2D eigenvalue weighted by atomic mass is 9.85. The number of anilines is 3. The molecule has 13 nitrogen and oxygen atoms in total. The van der Waals surface area contributed by atoms with Gasteiger partial charge in [0.1, 0.15) is 23.0 Å². The number of fused-ring (bicyclic) bond motifs is 1. The first kappa shape index (κ1) is 34.2. The molecule has 268 valence electrons. The van der Waals surface area contributed by atoms with E-state index >= 15 is 0 Å². The molecule has 1 aromatic carbocycles. The van der Waals surface area contributed by atoms with Gasteiger partial charge in [0.15, 0.2) is 0 Å². The van der Waals surface area contributed by atoms with Gasteiger partial charge in [-0.1, -0.05) is 6.07 Å². The zero-order chi connectivity index (χ0) is 35.7. The number of urea groups is 1. The number of imide groups is 1. The molecule has 4 aromatic rings. The number of hydrogen-bond donors (Lipinski definition) is 2. The van der Waals surface area contributed by atoms with Crippen molar-refractivity contribution >= 4 is 45.9 Å². The number of piperazine rings is 1. The molecule has 5 heterocycles. The maximum absolute atomic E-state index is 13.1. The molecule has 0 spiro atoms. The highest BCUT2D eigenvalue weighted by Gasteiger charge is 2.33. The van der Waals surface area contributed by atoms with E-state index in [0.29, 0.717) is 35.1 Å². The van der Waals surface area contributed by atoms with Crippen molar-refractivity contribution in [1.29, 1.82) is 0 Å². The lowest BCUT2D eigenvalue weighted by Gasteiger charge is -2.38. The van der Waals surface area contributed by atoms with Crippen molar-refractivity contribution in [2.75, 3.05) is 61.5 Å². The number of amides is 4. The molecule has 0 unspecified atom stereocenters. The number of nitrogens with zero attached hydrogens (tertiary/aromatic N) is 7. The minimum absolute atomic E-state index is 0.231. The summed E-state index contributed by atoms with van der Waals surface area (Å²) in [6, 6.07) is 10.2. The Balaban J connectivity index is 0.907. The Morgan fingerprint density at radius 1 is 1.02 bits per heavy atom. The molecule has 3 aliphatic rings. The number of ether oxygens (including phenoxy) is 1. The van der Waals surface area contributed by atoms with Gasteiger partial charge in [0.2, 0.25) is 5.91 Å². The van der Waals surface area contributed by atoms with E-state index < -0.39 is 23.8 Å². The quantitative estimate of drug-likeness (QED) is 0.256. The predicted molar refractivity (Wildman–Crippen MR) is 183 cm³/mol. The van der Waals surface area contributed by atoms with Crippen LogP contribution in [-0.4, -0.2) is 88.9 Å². The lowest BCUT2D eigenvalue weighted by Crippen LogP contribution is -2.49. The van der Waals surface area contributed by atoms with Crippen molar-refractivity contribution in [2.45, 2.75) is 44.3 Å². The fourth-order valence-electron chi connectivity index (χ4n) is 7.08. The zero-order valence-electron chi connectivity index (χ0n) is 28.0. The van der Waals surface area contributed by atoms with Gasteiger partial charge in [-0.25, -0.2) is 14.8 Å². The van der Waals surface area contributed by atoms with Crippen LogP contribution < -0.4 is 25.2 Å². The molecular formula is C35H38F3N9O4. The molecule has 2 N–H and O–H groups in total. The Kier molecular flexibility index (Phi) is 9.50. The van der Waals surface area contributed by atoms with Gasteiger partial charge < -0.3 is 15.0 Å². The predicted octanol–water partition coefficient (Wildman–Crippen LogP) is 5.11. The third kappa shape index (κ3) is 7.60. The third-order valence-electron chi connectivity index (χ3n) is 9.86. The second-order valence-corrected chi connectivity index (χ2v) is 13.2. The van der Waals surface area contributed by atoms with Crippen LogP contribution in [0.2, 0.25) is 0 Å². The summed E-state index contributed by atoms with van der Waals surface area (Å²) < 4.78 is 46.8. The van der Waals surface area contributed by atoms with E-state index in [1.54, 1.807) is 18.3 Å². The maximum atomic E-state index is 13.1. The Bertz CT molecular complexity index is 1920. The first-order valence-electron chi connectivity index (χ1n) is 17.0. The number of halogens is 3. The summed E-state index contributed by atoms with van der Waals surface area (Å²) in [6.07, 6.45) is 3.37. The van der Waals surface area contributed by atoms with Crippen LogP contribution in [0.15, 0.2) is 54.9 Å². The summed E-state index contributed by atoms with van der Waals surface area (Å²) in [6.45, 7) is 4.99. The third-order valence-corrected chi connectivity index (χ3v) is 9.86. The van der Waals surface area contributed by atoms with Gasteiger partial charge in [0.05, 0.1) is 36.2 Å². The fraction of sp³-hybridized carbons (Fsp3) is 0.429. The SMILES string of the molecule is COc1cc2nn([C@H]3CC[C@H](CN4CCN(c5ccc(N6CCC(=O)NC6=O)cn5)CC4)CC3)cc2cc1NC(=O)c1cccc(C(F)(F)F)n1. The Morgan fingerprint density at radius 2 is 1.80 bits per heavy atom. The number of aromatic nitrogens is 4. The smallest absolute Gasteiger partial charge is 0.433 e. The van der Waals surface area contributed by atoms with Crippen LogP contribution in [0.4, 0.5) is 35.2 Å². The van der Waals surface area contributed by atoms with E-state index in [1.807, 2.05) is 23.0 Å². The topological polar surface area (TPSA) is 138 Å².